The number of rotatable bonds is 0. The molecule has 1 aliphatic carbocycles. The number of phenols is 1. The standard InChI is InChI=1S/C21H11ClN2O3/c22-10-6-5-9-7-13-18(24-14(9)8-10)16-15(17(23)21(13)27)19(25)11-3-1-2-4-12(11)20(16)26/h1-8,27H,23H2. The topological polar surface area (TPSA) is 93.3 Å². The maximum absolute atomic E-state index is 13.2. The number of hydrogen-bond donors (Lipinski definition) is 2. The van der Waals surface area contributed by atoms with Crippen molar-refractivity contribution in [1.82, 2.24) is 4.98 Å². The van der Waals surface area contributed by atoms with Crippen LogP contribution < -0.4 is 5.73 Å². The Morgan fingerprint density at radius 2 is 1.59 bits per heavy atom. The van der Waals surface area contributed by atoms with Gasteiger partial charge in [0.25, 0.3) is 0 Å². The van der Waals surface area contributed by atoms with Gasteiger partial charge in [-0.25, -0.2) is 4.98 Å². The van der Waals surface area contributed by atoms with Crippen LogP contribution >= 0.6 is 11.6 Å². The first-order valence-electron chi connectivity index (χ1n) is 8.20. The van der Waals surface area contributed by atoms with Gasteiger partial charge in [-0.1, -0.05) is 41.9 Å². The number of aromatic hydroxyl groups is 1. The molecule has 0 amide bonds. The molecule has 0 atom stereocenters. The zero-order chi connectivity index (χ0) is 18.9. The molecule has 0 bridgehead atoms. The molecule has 3 N–H and O–H groups in total. The minimum absolute atomic E-state index is 0.00224. The van der Waals surface area contributed by atoms with Crippen LogP contribution in [0.4, 0.5) is 5.69 Å². The van der Waals surface area contributed by atoms with E-state index in [2.05, 4.69) is 4.98 Å². The molecule has 0 aliphatic heterocycles. The third-order valence-electron chi connectivity index (χ3n) is 4.92. The first kappa shape index (κ1) is 15.8. The number of ketones is 2. The number of phenolic OH excluding ortho intramolecular Hbond substituents is 1. The number of nitrogens with two attached hydrogens (primary N) is 1. The van der Waals surface area contributed by atoms with Crippen LogP contribution in [0, 0.1) is 0 Å². The van der Waals surface area contributed by atoms with Crippen molar-refractivity contribution in [3.63, 3.8) is 0 Å². The van der Waals surface area contributed by atoms with Crippen molar-refractivity contribution < 1.29 is 14.7 Å². The van der Waals surface area contributed by atoms with Crippen molar-refractivity contribution in [3.8, 4) is 5.75 Å². The highest BCUT2D eigenvalue weighted by Crippen LogP contribution is 2.42. The van der Waals surface area contributed by atoms with E-state index in [4.69, 9.17) is 17.3 Å². The fraction of sp³-hybridized carbons (Fsp3) is 0. The maximum Gasteiger partial charge on any atom is 0.196 e. The fourth-order valence-electron chi connectivity index (χ4n) is 3.63. The lowest BCUT2D eigenvalue weighted by molar-refractivity contribution is 0.0980. The summed E-state index contributed by atoms with van der Waals surface area (Å²) >= 11 is 6.06. The molecule has 5 nitrogen and oxygen atoms in total. The molecule has 0 radical (unpaired) electrons. The Hall–Kier alpha value is -3.44. The predicted molar refractivity (Wildman–Crippen MR) is 104 cm³/mol. The Bertz CT molecular complexity index is 1340. The van der Waals surface area contributed by atoms with E-state index in [9.17, 15) is 14.7 Å². The van der Waals surface area contributed by atoms with Crippen LogP contribution in [-0.4, -0.2) is 21.7 Å². The first-order valence-corrected chi connectivity index (χ1v) is 8.58. The molecule has 0 spiro atoms. The van der Waals surface area contributed by atoms with Crippen LogP contribution in [0.3, 0.4) is 0 Å². The molecular formula is C21H11ClN2O3. The molecule has 0 fully saturated rings. The molecule has 3 aromatic carbocycles. The quantitative estimate of drug-likeness (QED) is 0.242. The minimum atomic E-state index is -0.400. The lowest BCUT2D eigenvalue weighted by atomic mass is 9.81. The van der Waals surface area contributed by atoms with Crippen LogP contribution in [-0.2, 0) is 0 Å². The van der Waals surface area contributed by atoms with Crippen LogP contribution in [0.5, 0.6) is 5.75 Å². The summed E-state index contributed by atoms with van der Waals surface area (Å²) in [6, 6.07) is 13.4. The van der Waals surface area contributed by atoms with Crippen LogP contribution in [0.25, 0.3) is 21.8 Å². The Morgan fingerprint density at radius 1 is 0.926 bits per heavy atom. The summed E-state index contributed by atoms with van der Waals surface area (Å²) in [4.78, 5) is 30.7. The van der Waals surface area contributed by atoms with E-state index < -0.39 is 5.78 Å². The third-order valence-corrected chi connectivity index (χ3v) is 5.15. The van der Waals surface area contributed by atoms with Crippen molar-refractivity contribution >= 4 is 50.7 Å². The molecule has 130 valence electrons. The fourth-order valence-corrected chi connectivity index (χ4v) is 3.80. The maximum atomic E-state index is 13.2. The number of fused-ring (bicyclic) bond motifs is 5. The van der Waals surface area contributed by atoms with Gasteiger partial charge in [0.2, 0.25) is 0 Å². The molecule has 1 aromatic heterocycles. The van der Waals surface area contributed by atoms with Gasteiger partial charge in [-0.2, -0.15) is 0 Å². The van der Waals surface area contributed by atoms with Crippen molar-refractivity contribution in [3.05, 3.63) is 75.8 Å². The number of nitrogens with zero attached hydrogens (tertiary/aromatic N) is 1. The van der Waals surface area contributed by atoms with Gasteiger partial charge in [0.1, 0.15) is 5.75 Å². The highest BCUT2D eigenvalue weighted by atomic mass is 35.5. The summed E-state index contributed by atoms with van der Waals surface area (Å²) in [5, 5.41) is 12.2. The molecule has 1 aliphatic rings. The normalized spacial score (nSPS) is 13.1. The van der Waals surface area contributed by atoms with Crippen molar-refractivity contribution in [2.45, 2.75) is 0 Å². The Kier molecular flexibility index (Phi) is 3.09. The number of nitrogen functional groups attached to an aromatic ring is 1. The number of anilines is 1. The van der Waals surface area contributed by atoms with Crippen LogP contribution in [0.15, 0.2) is 48.5 Å². The second kappa shape index (κ2) is 5.28. The van der Waals surface area contributed by atoms with E-state index in [1.807, 2.05) is 0 Å². The van der Waals surface area contributed by atoms with E-state index >= 15 is 0 Å². The highest BCUT2D eigenvalue weighted by Gasteiger charge is 2.35. The molecule has 0 saturated heterocycles. The molecule has 5 rings (SSSR count). The van der Waals surface area contributed by atoms with Crippen molar-refractivity contribution in [1.29, 1.82) is 0 Å². The molecule has 4 aromatic rings. The van der Waals surface area contributed by atoms with Gasteiger partial charge < -0.3 is 10.8 Å². The Labute approximate surface area is 158 Å². The zero-order valence-corrected chi connectivity index (χ0v) is 14.5. The van der Waals surface area contributed by atoms with E-state index in [0.29, 0.717) is 21.5 Å². The number of halogens is 1. The number of carbonyl (C=O) groups excluding carboxylic acids is 2. The second-order valence-electron chi connectivity index (χ2n) is 6.44. The Morgan fingerprint density at radius 3 is 2.30 bits per heavy atom. The van der Waals surface area contributed by atoms with Crippen LogP contribution in [0.1, 0.15) is 31.8 Å². The van der Waals surface area contributed by atoms with Crippen molar-refractivity contribution in [2.75, 3.05) is 5.73 Å². The molecule has 0 saturated carbocycles. The smallest absolute Gasteiger partial charge is 0.196 e. The van der Waals surface area contributed by atoms with Gasteiger partial charge in [-0.05, 0) is 18.2 Å². The largest absolute Gasteiger partial charge is 0.505 e. The minimum Gasteiger partial charge on any atom is -0.505 e. The molecule has 27 heavy (non-hydrogen) atoms. The molecule has 1 heterocycles. The van der Waals surface area contributed by atoms with E-state index in [-0.39, 0.29) is 39.4 Å². The zero-order valence-electron chi connectivity index (χ0n) is 13.8. The molecular weight excluding hydrogens is 364 g/mol. The van der Waals surface area contributed by atoms with Crippen molar-refractivity contribution in [2.24, 2.45) is 0 Å². The second-order valence-corrected chi connectivity index (χ2v) is 6.87. The first-order chi connectivity index (χ1) is 13.0. The average molecular weight is 375 g/mol. The molecule has 6 heteroatoms. The van der Waals surface area contributed by atoms with Gasteiger partial charge in [-0.3, -0.25) is 9.59 Å². The van der Waals surface area contributed by atoms with E-state index in [1.165, 1.54) is 0 Å². The summed E-state index contributed by atoms with van der Waals surface area (Å²) in [6.45, 7) is 0. The lowest BCUT2D eigenvalue weighted by Gasteiger charge is -2.21. The summed E-state index contributed by atoms with van der Waals surface area (Å²) in [5.74, 6) is -0.998. The third kappa shape index (κ3) is 2.03. The summed E-state index contributed by atoms with van der Waals surface area (Å²) < 4.78 is 0. The van der Waals surface area contributed by atoms with Crippen LogP contribution in [0.2, 0.25) is 5.02 Å². The number of pyridine rings is 1. The number of aromatic nitrogens is 1. The predicted octanol–water partition coefficient (Wildman–Crippen LogP) is 4.10. The summed E-state index contributed by atoms with van der Waals surface area (Å²) in [5.41, 5.74) is 7.44. The number of hydrogen-bond acceptors (Lipinski definition) is 5. The van der Waals surface area contributed by atoms with E-state index in [1.54, 1.807) is 48.5 Å². The number of carbonyl (C=O) groups is 2. The monoisotopic (exact) mass is 374 g/mol. The highest BCUT2D eigenvalue weighted by molar-refractivity contribution is 6.34. The van der Waals surface area contributed by atoms with Gasteiger partial charge in [0, 0.05) is 26.9 Å². The van der Waals surface area contributed by atoms with Gasteiger partial charge in [0.15, 0.2) is 11.6 Å². The van der Waals surface area contributed by atoms with Gasteiger partial charge >= 0.3 is 0 Å². The molecule has 0 unspecified atom stereocenters. The van der Waals surface area contributed by atoms with E-state index in [0.717, 1.165) is 5.39 Å². The number of benzene rings is 3. The van der Waals surface area contributed by atoms with Gasteiger partial charge in [0.05, 0.1) is 27.8 Å². The summed E-state index contributed by atoms with van der Waals surface area (Å²) in [7, 11) is 0. The van der Waals surface area contributed by atoms with Gasteiger partial charge in [-0.15, -0.1) is 0 Å². The summed E-state index contributed by atoms with van der Waals surface area (Å²) in [6.07, 6.45) is 0. The Balaban J connectivity index is 1.98. The average Bonchev–Trinajstić information content (AvgIpc) is 2.67. The lowest BCUT2D eigenvalue weighted by Crippen LogP contribution is -2.23. The SMILES string of the molecule is Nc1c2c(c3nc4cc(Cl)ccc4cc3c1O)C(=O)c1ccccc1C2=O.